The van der Waals surface area contributed by atoms with Crippen molar-refractivity contribution in [3.8, 4) is 11.4 Å². The first-order valence-corrected chi connectivity index (χ1v) is 5.92. The zero-order valence-corrected chi connectivity index (χ0v) is 11.2. The molecule has 19 heavy (non-hydrogen) atoms. The lowest BCUT2D eigenvalue weighted by molar-refractivity contribution is -0.120. The number of nitrogens with one attached hydrogen (secondary N) is 1. The number of hydrogen-bond donors (Lipinski definition) is 2. The predicted molar refractivity (Wildman–Crippen MR) is 73.3 cm³/mol. The molecule has 0 saturated heterocycles. The van der Waals surface area contributed by atoms with E-state index in [1.807, 2.05) is 35.9 Å². The molecule has 0 saturated carbocycles. The van der Waals surface area contributed by atoms with Crippen molar-refractivity contribution in [2.24, 2.45) is 12.8 Å². The lowest BCUT2D eigenvalue weighted by Gasteiger charge is -2.17. The Hall–Kier alpha value is -2.21. The minimum atomic E-state index is -0.901. The fraction of sp³-hybridized carbons (Fsp3) is 0.308. The fourth-order valence-electron chi connectivity index (χ4n) is 1.54. The van der Waals surface area contributed by atoms with E-state index in [9.17, 15) is 4.79 Å². The topological polar surface area (TPSA) is 85.8 Å². The lowest BCUT2D eigenvalue weighted by atomic mass is 10.1. The maximum absolute atomic E-state index is 11.7. The van der Waals surface area contributed by atoms with E-state index in [4.69, 9.17) is 5.73 Å². The van der Waals surface area contributed by atoms with Gasteiger partial charge in [-0.25, -0.2) is 0 Å². The number of amides is 1. The molecule has 0 aliphatic rings. The minimum Gasteiger partial charge on any atom is -0.325 e. The Balaban J connectivity index is 2.16. The minimum absolute atomic E-state index is 0.223. The van der Waals surface area contributed by atoms with Crippen LogP contribution in [-0.2, 0) is 11.8 Å². The van der Waals surface area contributed by atoms with Gasteiger partial charge in [-0.2, -0.15) is 0 Å². The first-order valence-electron chi connectivity index (χ1n) is 5.92. The maximum Gasteiger partial charge on any atom is 0.243 e. The molecule has 0 radical (unpaired) electrons. The van der Waals surface area contributed by atoms with E-state index in [0.29, 0.717) is 5.69 Å². The van der Waals surface area contributed by atoms with Crippen LogP contribution in [-0.4, -0.2) is 26.2 Å². The molecule has 1 aromatic carbocycles. The smallest absolute Gasteiger partial charge is 0.243 e. The van der Waals surface area contributed by atoms with Crippen molar-refractivity contribution in [1.82, 2.24) is 14.8 Å². The second-order valence-electron chi connectivity index (χ2n) is 5.02. The maximum atomic E-state index is 11.7. The van der Waals surface area contributed by atoms with E-state index in [-0.39, 0.29) is 5.91 Å². The van der Waals surface area contributed by atoms with Gasteiger partial charge >= 0.3 is 0 Å². The number of hydrogen-bond acceptors (Lipinski definition) is 4. The SMILES string of the molecule is Cn1cnnc1-c1ccc(NC(=O)C(C)(C)N)cc1. The van der Waals surface area contributed by atoms with Crippen LogP contribution >= 0.6 is 0 Å². The van der Waals surface area contributed by atoms with Crippen LogP contribution < -0.4 is 11.1 Å². The Labute approximate surface area is 111 Å². The highest BCUT2D eigenvalue weighted by Gasteiger charge is 2.21. The van der Waals surface area contributed by atoms with E-state index < -0.39 is 5.54 Å². The molecule has 1 amide bonds. The predicted octanol–water partition coefficient (Wildman–Crippen LogP) is 1.16. The second-order valence-corrected chi connectivity index (χ2v) is 5.02. The number of nitrogens with two attached hydrogens (primary N) is 1. The molecule has 2 rings (SSSR count). The molecule has 0 atom stereocenters. The second kappa shape index (κ2) is 4.81. The third kappa shape index (κ3) is 2.97. The molecule has 2 aromatic rings. The van der Waals surface area contributed by atoms with Crippen molar-refractivity contribution in [2.75, 3.05) is 5.32 Å². The Morgan fingerprint density at radius 2 is 1.95 bits per heavy atom. The first-order chi connectivity index (χ1) is 8.88. The van der Waals surface area contributed by atoms with E-state index >= 15 is 0 Å². The summed E-state index contributed by atoms with van der Waals surface area (Å²) in [4.78, 5) is 11.7. The summed E-state index contributed by atoms with van der Waals surface area (Å²) in [5, 5.41) is 10.6. The van der Waals surface area contributed by atoms with Crippen LogP contribution in [0.4, 0.5) is 5.69 Å². The van der Waals surface area contributed by atoms with E-state index in [1.165, 1.54) is 0 Å². The van der Waals surface area contributed by atoms with Gasteiger partial charge in [0.15, 0.2) is 5.82 Å². The molecule has 0 spiro atoms. The Bertz CT molecular complexity index is 580. The largest absolute Gasteiger partial charge is 0.325 e. The van der Waals surface area contributed by atoms with Crippen molar-refractivity contribution in [1.29, 1.82) is 0 Å². The van der Waals surface area contributed by atoms with Crippen molar-refractivity contribution in [3.05, 3.63) is 30.6 Å². The van der Waals surface area contributed by atoms with Crippen molar-refractivity contribution >= 4 is 11.6 Å². The fourth-order valence-corrected chi connectivity index (χ4v) is 1.54. The Morgan fingerprint density at radius 3 is 2.42 bits per heavy atom. The first kappa shape index (κ1) is 13.2. The lowest BCUT2D eigenvalue weighted by Crippen LogP contribution is -2.45. The normalized spacial score (nSPS) is 11.4. The highest BCUT2D eigenvalue weighted by Crippen LogP contribution is 2.19. The van der Waals surface area contributed by atoms with Gasteiger partial charge in [0.25, 0.3) is 0 Å². The molecular weight excluding hydrogens is 242 g/mol. The zero-order valence-electron chi connectivity index (χ0n) is 11.2. The summed E-state index contributed by atoms with van der Waals surface area (Å²) in [5.74, 6) is 0.552. The molecule has 0 unspecified atom stereocenters. The number of nitrogens with zero attached hydrogens (tertiary/aromatic N) is 3. The number of anilines is 1. The third-order valence-corrected chi connectivity index (χ3v) is 2.70. The van der Waals surface area contributed by atoms with Crippen LogP contribution in [0.2, 0.25) is 0 Å². The van der Waals surface area contributed by atoms with Crippen molar-refractivity contribution < 1.29 is 4.79 Å². The molecule has 6 nitrogen and oxygen atoms in total. The summed E-state index contributed by atoms with van der Waals surface area (Å²) in [6.45, 7) is 3.33. The van der Waals surface area contributed by atoms with Crippen LogP contribution in [0.25, 0.3) is 11.4 Å². The number of benzene rings is 1. The van der Waals surface area contributed by atoms with E-state index in [2.05, 4.69) is 15.5 Å². The molecule has 3 N–H and O–H groups in total. The van der Waals surface area contributed by atoms with Crippen molar-refractivity contribution in [2.45, 2.75) is 19.4 Å². The van der Waals surface area contributed by atoms with Gasteiger partial charge in [0.2, 0.25) is 5.91 Å². The highest BCUT2D eigenvalue weighted by molar-refractivity contribution is 5.97. The van der Waals surface area contributed by atoms with Crippen LogP contribution in [0.1, 0.15) is 13.8 Å². The van der Waals surface area contributed by atoms with Crippen LogP contribution in [0.5, 0.6) is 0 Å². The third-order valence-electron chi connectivity index (χ3n) is 2.70. The van der Waals surface area contributed by atoms with Gasteiger partial charge in [0, 0.05) is 18.3 Å². The average molecular weight is 259 g/mol. The average Bonchev–Trinajstić information content (AvgIpc) is 2.75. The van der Waals surface area contributed by atoms with Gasteiger partial charge in [0.1, 0.15) is 6.33 Å². The van der Waals surface area contributed by atoms with Gasteiger partial charge in [-0.05, 0) is 38.1 Å². The molecule has 0 aliphatic heterocycles. The zero-order chi connectivity index (χ0) is 14.0. The summed E-state index contributed by atoms with van der Waals surface area (Å²) in [7, 11) is 1.88. The molecule has 1 heterocycles. The molecule has 0 bridgehead atoms. The molecule has 1 aromatic heterocycles. The van der Waals surface area contributed by atoms with Gasteiger partial charge in [-0.1, -0.05) is 0 Å². The van der Waals surface area contributed by atoms with Crippen LogP contribution in [0.15, 0.2) is 30.6 Å². The summed E-state index contributed by atoms with van der Waals surface area (Å²) in [6.07, 6.45) is 1.64. The standard InChI is InChI=1S/C13H17N5O/c1-13(2,14)12(19)16-10-6-4-9(5-7-10)11-17-15-8-18(11)3/h4-8H,14H2,1-3H3,(H,16,19). The number of carbonyl (C=O) groups excluding carboxylic acids is 1. The van der Waals surface area contributed by atoms with Gasteiger partial charge < -0.3 is 15.6 Å². The number of aryl methyl sites for hydroxylation is 1. The summed E-state index contributed by atoms with van der Waals surface area (Å²) >= 11 is 0. The van der Waals surface area contributed by atoms with Crippen LogP contribution in [0, 0.1) is 0 Å². The van der Waals surface area contributed by atoms with Crippen LogP contribution in [0.3, 0.4) is 0 Å². The molecule has 100 valence electrons. The molecule has 0 aliphatic carbocycles. The Morgan fingerprint density at radius 1 is 1.32 bits per heavy atom. The van der Waals surface area contributed by atoms with E-state index in [1.54, 1.807) is 20.2 Å². The Kier molecular flexibility index (Phi) is 3.35. The molecule has 0 fully saturated rings. The van der Waals surface area contributed by atoms with Gasteiger partial charge in [-0.3, -0.25) is 4.79 Å². The highest BCUT2D eigenvalue weighted by atomic mass is 16.2. The summed E-state index contributed by atoms with van der Waals surface area (Å²) in [6, 6.07) is 7.38. The monoisotopic (exact) mass is 259 g/mol. The van der Waals surface area contributed by atoms with Gasteiger partial charge in [0.05, 0.1) is 5.54 Å². The number of aromatic nitrogens is 3. The molecule has 6 heteroatoms. The molecular formula is C13H17N5O. The summed E-state index contributed by atoms with van der Waals surface area (Å²) < 4.78 is 1.83. The van der Waals surface area contributed by atoms with Gasteiger partial charge in [-0.15, -0.1) is 10.2 Å². The number of rotatable bonds is 3. The quantitative estimate of drug-likeness (QED) is 0.866. The van der Waals surface area contributed by atoms with Crippen molar-refractivity contribution in [3.63, 3.8) is 0 Å². The van der Waals surface area contributed by atoms with E-state index in [0.717, 1.165) is 11.4 Å². The number of carbonyl (C=O) groups is 1. The summed E-state index contributed by atoms with van der Waals surface area (Å²) in [5.41, 5.74) is 6.46.